The van der Waals surface area contributed by atoms with Gasteiger partial charge in [-0.3, -0.25) is 18.8 Å². The molecule has 3 rings (SSSR count). The summed E-state index contributed by atoms with van der Waals surface area (Å²) in [5.74, 6) is 1.36. The van der Waals surface area contributed by atoms with E-state index < -0.39 is 0 Å². The predicted octanol–water partition coefficient (Wildman–Crippen LogP) is -0.247. The molecule has 1 fully saturated rings. The lowest BCUT2D eigenvalue weighted by Gasteiger charge is -2.34. The van der Waals surface area contributed by atoms with Crippen molar-refractivity contribution in [2.75, 3.05) is 43.5 Å². The van der Waals surface area contributed by atoms with Crippen LogP contribution in [-0.2, 0) is 21.1 Å². The smallest absolute Gasteiger partial charge is 0.332 e. The Morgan fingerprint density at radius 3 is 2.21 bits per heavy atom. The van der Waals surface area contributed by atoms with Crippen LogP contribution in [0, 0.1) is 0 Å². The fourth-order valence-electron chi connectivity index (χ4n) is 3.08. The van der Waals surface area contributed by atoms with Crippen molar-refractivity contribution in [2.24, 2.45) is 21.1 Å². The molecule has 0 atom stereocenters. The van der Waals surface area contributed by atoms with Crippen LogP contribution in [0.25, 0.3) is 11.2 Å². The van der Waals surface area contributed by atoms with Crippen molar-refractivity contribution in [3.8, 4) is 0 Å². The molecule has 2 aromatic heterocycles. The lowest BCUT2D eigenvalue weighted by molar-refractivity contribution is 0.271. The number of nitrogens with zero attached hydrogens (tertiary/aromatic N) is 6. The van der Waals surface area contributed by atoms with Gasteiger partial charge in [0.05, 0.1) is 0 Å². The molecule has 1 aliphatic heterocycles. The number of hydrogen-bond acceptors (Lipinski definition) is 5. The minimum absolute atomic E-state index is 0. The Bertz CT molecular complexity index is 848. The summed E-state index contributed by atoms with van der Waals surface area (Å²) < 4.78 is 4.32. The van der Waals surface area contributed by atoms with Crippen molar-refractivity contribution >= 4 is 41.1 Å². The molecule has 1 saturated heterocycles. The van der Waals surface area contributed by atoms with E-state index in [-0.39, 0.29) is 23.7 Å². The highest BCUT2D eigenvalue weighted by Gasteiger charge is 2.23. The standard InChI is InChI=1S/C14H21ClN6O2.ClH/c1-17-10-11(18(2)14(23)19(3)12(10)22)16-13(17)21-8-6-20(5-4-15)7-9-21;/h4-9H2,1-3H3;1H. The van der Waals surface area contributed by atoms with Crippen molar-refractivity contribution in [1.29, 1.82) is 0 Å². The van der Waals surface area contributed by atoms with Gasteiger partial charge in [-0.05, 0) is 0 Å². The van der Waals surface area contributed by atoms with Crippen molar-refractivity contribution in [2.45, 2.75) is 0 Å². The third kappa shape index (κ3) is 2.94. The molecule has 134 valence electrons. The molecule has 3 heterocycles. The Morgan fingerprint density at radius 2 is 1.62 bits per heavy atom. The number of fused-ring (bicyclic) bond motifs is 1. The van der Waals surface area contributed by atoms with Gasteiger partial charge in [0.25, 0.3) is 5.56 Å². The molecule has 0 amide bonds. The quantitative estimate of drug-likeness (QED) is 0.691. The second-order valence-corrected chi connectivity index (χ2v) is 6.24. The Morgan fingerprint density at radius 1 is 1.00 bits per heavy atom. The normalized spacial score (nSPS) is 15.8. The van der Waals surface area contributed by atoms with Crippen molar-refractivity contribution in [3.63, 3.8) is 0 Å². The van der Waals surface area contributed by atoms with Crippen molar-refractivity contribution in [1.82, 2.24) is 23.6 Å². The summed E-state index contributed by atoms with van der Waals surface area (Å²) in [6.45, 7) is 4.34. The summed E-state index contributed by atoms with van der Waals surface area (Å²) in [6.07, 6.45) is 0. The van der Waals surface area contributed by atoms with Crippen LogP contribution >= 0.6 is 24.0 Å². The van der Waals surface area contributed by atoms with E-state index in [1.165, 1.54) is 11.6 Å². The topological polar surface area (TPSA) is 68.3 Å². The average molecular weight is 377 g/mol. The van der Waals surface area contributed by atoms with Gasteiger partial charge in [-0.2, -0.15) is 4.98 Å². The summed E-state index contributed by atoms with van der Waals surface area (Å²) in [4.78, 5) is 33.5. The first-order valence-corrected chi connectivity index (χ1v) is 8.15. The van der Waals surface area contributed by atoms with Gasteiger partial charge >= 0.3 is 5.69 Å². The first-order chi connectivity index (χ1) is 11.0. The highest BCUT2D eigenvalue weighted by atomic mass is 35.5. The van der Waals surface area contributed by atoms with Crippen molar-refractivity contribution < 1.29 is 0 Å². The maximum absolute atomic E-state index is 12.4. The molecule has 24 heavy (non-hydrogen) atoms. The molecule has 0 N–H and O–H groups in total. The van der Waals surface area contributed by atoms with Gasteiger partial charge < -0.3 is 9.47 Å². The molecular formula is C14H22Cl2N6O2. The zero-order valence-corrected chi connectivity index (χ0v) is 15.6. The fourth-order valence-corrected chi connectivity index (χ4v) is 3.32. The third-order valence-electron chi connectivity index (χ3n) is 4.51. The molecule has 2 aromatic rings. The van der Waals surface area contributed by atoms with Gasteiger partial charge in [0.2, 0.25) is 5.95 Å². The number of alkyl halides is 1. The minimum atomic E-state index is -0.362. The van der Waals surface area contributed by atoms with Gasteiger partial charge in [-0.15, -0.1) is 24.0 Å². The van der Waals surface area contributed by atoms with E-state index in [9.17, 15) is 9.59 Å². The monoisotopic (exact) mass is 376 g/mol. The zero-order chi connectivity index (χ0) is 16.7. The number of anilines is 1. The number of aryl methyl sites for hydroxylation is 2. The maximum atomic E-state index is 12.4. The number of hydrogen-bond donors (Lipinski definition) is 0. The zero-order valence-electron chi connectivity index (χ0n) is 14.0. The lowest BCUT2D eigenvalue weighted by atomic mass is 10.3. The van der Waals surface area contributed by atoms with Crippen LogP contribution in [0.2, 0.25) is 0 Å². The average Bonchev–Trinajstić information content (AvgIpc) is 2.90. The Labute approximate surface area is 150 Å². The van der Waals surface area contributed by atoms with E-state index in [1.807, 2.05) is 7.05 Å². The minimum Gasteiger partial charge on any atom is -0.340 e. The van der Waals surface area contributed by atoms with E-state index in [2.05, 4.69) is 14.8 Å². The van der Waals surface area contributed by atoms with Crippen LogP contribution in [0.15, 0.2) is 9.59 Å². The first kappa shape index (κ1) is 18.8. The highest BCUT2D eigenvalue weighted by molar-refractivity contribution is 6.18. The van der Waals surface area contributed by atoms with Crippen molar-refractivity contribution in [3.05, 3.63) is 20.8 Å². The molecule has 10 heteroatoms. The van der Waals surface area contributed by atoms with Gasteiger partial charge in [-0.1, -0.05) is 0 Å². The molecule has 0 unspecified atom stereocenters. The molecule has 0 saturated carbocycles. The molecule has 0 spiro atoms. The number of piperazine rings is 1. The van der Waals surface area contributed by atoms with Gasteiger partial charge in [0, 0.05) is 59.7 Å². The Kier molecular flexibility index (Phi) is 5.62. The maximum Gasteiger partial charge on any atom is 0.332 e. The summed E-state index contributed by atoms with van der Waals surface area (Å²) in [5, 5.41) is 0. The molecular weight excluding hydrogens is 355 g/mol. The number of aromatic nitrogens is 4. The first-order valence-electron chi connectivity index (χ1n) is 7.61. The Hall–Kier alpha value is -1.51. The molecule has 0 aliphatic carbocycles. The summed E-state index contributed by atoms with van der Waals surface area (Å²) in [5.41, 5.74) is 0.204. The second kappa shape index (κ2) is 7.16. The van der Waals surface area contributed by atoms with Crippen LogP contribution < -0.4 is 16.1 Å². The molecule has 1 aliphatic rings. The van der Waals surface area contributed by atoms with E-state index in [1.54, 1.807) is 11.6 Å². The number of imidazole rings is 1. The van der Waals surface area contributed by atoms with E-state index in [0.29, 0.717) is 17.0 Å². The second-order valence-electron chi connectivity index (χ2n) is 5.87. The van der Waals surface area contributed by atoms with Crippen LogP contribution in [0.3, 0.4) is 0 Å². The molecule has 0 aromatic carbocycles. The Balaban J connectivity index is 0.00000208. The third-order valence-corrected chi connectivity index (χ3v) is 4.68. The van der Waals surface area contributed by atoms with Crippen LogP contribution in [-0.4, -0.2) is 62.2 Å². The van der Waals surface area contributed by atoms with Crippen LogP contribution in [0.1, 0.15) is 0 Å². The summed E-state index contributed by atoms with van der Waals surface area (Å²) >= 11 is 5.79. The summed E-state index contributed by atoms with van der Waals surface area (Å²) in [7, 11) is 4.95. The highest BCUT2D eigenvalue weighted by Crippen LogP contribution is 2.19. The van der Waals surface area contributed by atoms with E-state index in [4.69, 9.17) is 11.6 Å². The fraction of sp³-hybridized carbons (Fsp3) is 0.643. The largest absolute Gasteiger partial charge is 0.340 e. The summed E-state index contributed by atoms with van der Waals surface area (Å²) in [6, 6.07) is 0. The van der Waals surface area contributed by atoms with Gasteiger partial charge in [-0.25, -0.2) is 4.79 Å². The SMILES string of the molecule is Cl.Cn1c(=O)c2c(nc(N3CCN(CCCl)CC3)n2C)n(C)c1=O. The molecule has 0 bridgehead atoms. The lowest BCUT2D eigenvalue weighted by Crippen LogP contribution is -2.47. The van der Waals surface area contributed by atoms with E-state index >= 15 is 0 Å². The number of halogens is 2. The number of rotatable bonds is 3. The van der Waals surface area contributed by atoms with Gasteiger partial charge in [0.1, 0.15) is 0 Å². The van der Waals surface area contributed by atoms with Gasteiger partial charge in [0.15, 0.2) is 11.2 Å². The molecule has 0 radical (unpaired) electrons. The van der Waals surface area contributed by atoms with E-state index in [0.717, 1.165) is 43.2 Å². The van der Waals surface area contributed by atoms with Crippen LogP contribution in [0.4, 0.5) is 5.95 Å². The molecule has 8 nitrogen and oxygen atoms in total. The van der Waals surface area contributed by atoms with Crippen LogP contribution in [0.5, 0.6) is 0 Å². The predicted molar refractivity (Wildman–Crippen MR) is 97.8 cm³/mol.